The Hall–Kier alpha value is -3.96. The van der Waals surface area contributed by atoms with Gasteiger partial charge in [0.1, 0.15) is 21.8 Å². The third-order valence-electron chi connectivity index (χ3n) is 5.34. The Morgan fingerprint density at radius 1 is 1.06 bits per heavy atom. The van der Waals surface area contributed by atoms with E-state index in [0.717, 1.165) is 11.3 Å². The lowest BCUT2D eigenvalue weighted by molar-refractivity contribution is 0.583. The predicted octanol–water partition coefficient (Wildman–Crippen LogP) is 4.52. The van der Waals surface area contributed by atoms with Gasteiger partial charge in [0.2, 0.25) is 0 Å². The topological polar surface area (TPSA) is 122 Å². The molecule has 0 aliphatic heterocycles. The van der Waals surface area contributed by atoms with Gasteiger partial charge in [-0.3, -0.25) is 9.59 Å². The number of H-pyrrole nitrogens is 2. The highest BCUT2D eigenvalue weighted by Crippen LogP contribution is 2.34. The van der Waals surface area contributed by atoms with Gasteiger partial charge in [0.15, 0.2) is 10.8 Å². The molecule has 5 heterocycles. The van der Waals surface area contributed by atoms with Crippen LogP contribution in [0.4, 0.5) is 0 Å². The molecule has 0 fully saturated rings. The van der Waals surface area contributed by atoms with Crippen LogP contribution in [0.5, 0.6) is 0 Å². The van der Waals surface area contributed by atoms with Gasteiger partial charge in [0.05, 0.1) is 28.8 Å². The summed E-state index contributed by atoms with van der Waals surface area (Å²) in [5, 5.41) is 7.23. The Morgan fingerprint density at radius 2 is 1.91 bits per heavy atom. The van der Waals surface area contributed by atoms with Crippen LogP contribution < -0.4 is 11.1 Å². The maximum Gasteiger partial charge on any atom is 0.262 e. The SMILES string of the molecule is CC(Sc1nc2c(cnn2-c2ccccc2)c(=O)[nH]1)c1nc2scc(-c3ccco3)c2c(=O)[nH]1. The van der Waals surface area contributed by atoms with Gasteiger partial charge in [-0.25, -0.2) is 14.6 Å². The molecule has 0 radical (unpaired) electrons. The second kappa shape index (κ2) is 8.12. The maximum atomic E-state index is 12.9. The van der Waals surface area contributed by atoms with Crippen molar-refractivity contribution in [3.63, 3.8) is 0 Å². The highest BCUT2D eigenvalue weighted by Gasteiger charge is 2.19. The number of aromatic amines is 2. The molecule has 0 aliphatic carbocycles. The van der Waals surface area contributed by atoms with Crippen molar-refractivity contribution in [2.45, 2.75) is 17.3 Å². The predicted molar refractivity (Wildman–Crippen MR) is 132 cm³/mol. The van der Waals surface area contributed by atoms with Crippen molar-refractivity contribution in [2.24, 2.45) is 0 Å². The Bertz CT molecular complexity index is 1750. The normalized spacial score (nSPS) is 12.5. The number of thiophene rings is 1. The molecule has 0 bridgehead atoms. The monoisotopic (exact) mass is 488 g/mol. The first-order chi connectivity index (χ1) is 16.6. The van der Waals surface area contributed by atoms with Gasteiger partial charge in [-0.05, 0) is 31.2 Å². The molecular formula is C23H16N6O3S2. The zero-order chi connectivity index (χ0) is 23.2. The quantitative estimate of drug-likeness (QED) is 0.270. The van der Waals surface area contributed by atoms with Crippen LogP contribution in [0, 0.1) is 0 Å². The minimum absolute atomic E-state index is 0.237. The van der Waals surface area contributed by atoms with Crippen LogP contribution in [0.2, 0.25) is 0 Å². The molecule has 0 amide bonds. The number of hydrogen-bond acceptors (Lipinski definition) is 8. The molecular weight excluding hydrogens is 472 g/mol. The Balaban J connectivity index is 1.36. The van der Waals surface area contributed by atoms with E-state index < -0.39 is 0 Å². The van der Waals surface area contributed by atoms with Gasteiger partial charge in [0.25, 0.3) is 11.1 Å². The van der Waals surface area contributed by atoms with Crippen LogP contribution in [0.25, 0.3) is 38.3 Å². The van der Waals surface area contributed by atoms with Crippen molar-refractivity contribution in [3.05, 3.63) is 86.8 Å². The van der Waals surface area contributed by atoms with Gasteiger partial charge in [-0.15, -0.1) is 11.3 Å². The minimum atomic E-state index is -0.278. The molecule has 11 heteroatoms. The third kappa shape index (κ3) is 3.45. The first kappa shape index (κ1) is 20.6. The molecule has 9 nitrogen and oxygen atoms in total. The average molecular weight is 489 g/mol. The number of aromatic nitrogens is 6. The molecule has 1 unspecified atom stereocenters. The first-order valence-corrected chi connectivity index (χ1v) is 12.1. The number of para-hydroxylation sites is 1. The summed E-state index contributed by atoms with van der Waals surface area (Å²) >= 11 is 2.68. The minimum Gasteiger partial charge on any atom is -0.464 e. The lowest BCUT2D eigenvalue weighted by atomic mass is 10.2. The first-order valence-electron chi connectivity index (χ1n) is 10.3. The van der Waals surface area contributed by atoms with Gasteiger partial charge in [-0.1, -0.05) is 30.0 Å². The van der Waals surface area contributed by atoms with Crippen LogP contribution in [0.1, 0.15) is 18.0 Å². The summed E-state index contributed by atoms with van der Waals surface area (Å²) in [7, 11) is 0. The van der Waals surface area contributed by atoms with Crippen LogP contribution in [-0.4, -0.2) is 29.7 Å². The number of rotatable bonds is 5. The highest BCUT2D eigenvalue weighted by molar-refractivity contribution is 7.99. The third-order valence-corrected chi connectivity index (χ3v) is 7.21. The van der Waals surface area contributed by atoms with Gasteiger partial charge < -0.3 is 14.4 Å². The number of nitrogens with one attached hydrogen (secondary N) is 2. The standard InChI is InChI=1S/C23H16N6O3S2/c1-12(18-25-21(31)17-15(11-33-22(17)26-18)16-8-5-9-32-16)34-23-27-19-14(20(30)28-23)10-24-29(19)13-6-3-2-4-7-13/h2-12H,1H3,(H,25,26,31)(H,27,28,30). The van der Waals surface area contributed by atoms with Crippen molar-refractivity contribution in [3.8, 4) is 17.0 Å². The summed E-state index contributed by atoms with van der Waals surface area (Å²) in [6.45, 7) is 1.90. The van der Waals surface area contributed by atoms with Crippen LogP contribution in [0.15, 0.2) is 79.5 Å². The van der Waals surface area contributed by atoms with Crippen LogP contribution in [-0.2, 0) is 0 Å². The molecule has 0 spiro atoms. The molecule has 0 saturated heterocycles. The van der Waals surface area contributed by atoms with E-state index in [0.29, 0.717) is 38.0 Å². The van der Waals surface area contributed by atoms with Gasteiger partial charge >= 0.3 is 0 Å². The summed E-state index contributed by atoms with van der Waals surface area (Å²) in [5.74, 6) is 1.12. The zero-order valence-electron chi connectivity index (χ0n) is 17.7. The molecule has 2 N–H and O–H groups in total. The van der Waals surface area contributed by atoms with Crippen molar-refractivity contribution in [1.82, 2.24) is 29.7 Å². The second-order valence-electron chi connectivity index (χ2n) is 7.52. The lowest BCUT2D eigenvalue weighted by Crippen LogP contribution is -2.13. The summed E-state index contributed by atoms with van der Waals surface area (Å²) in [6, 6.07) is 13.1. The number of furan rings is 1. The van der Waals surface area contributed by atoms with E-state index in [-0.39, 0.29) is 16.4 Å². The lowest BCUT2D eigenvalue weighted by Gasteiger charge is -2.10. The fourth-order valence-corrected chi connectivity index (χ4v) is 5.49. The number of fused-ring (bicyclic) bond motifs is 2. The van der Waals surface area contributed by atoms with Gasteiger partial charge in [0, 0.05) is 10.9 Å². The summed E-state index contributed by atoms with van der Waals surface area (Å²) < 4.78 is 7.08. The summed E-state index contributed by atoms with van der Waals surface area (Å²) in [5.41, 5.74) is 1.47. The molecule has 168 valence electrons. The van der Waals surface area contributed by atoms with Gasteiger partial charge in [-0.2, -0.15) is 5.10 Å². The number of thioether (sulfide) groups is 1. The number of hydrogen-bond donors (Lipinski definition) is 2. The number of nitrogens with zero attached hydrogens (tertiary/aromatic N) is 4. The van der Waals surface area contributed by atoms with E-state index in [9.17, 15) is 9.59 Å². The molecule has 1 atom stereocenters. The van der Waals surface area contributed by atoms with E-state index in [4.69, 9.17) is 4.42 Å². The molecule has 0 saturated carbocycles. The molecule has 34 heavy (non-hydrogen) atoms. The smallest absolute Gasteiger partial charge is 0.262 e. The van der Waals surface area contributed by atoms with E-state index in [1.54, 1.807) is 17.0 Å². The average Bonchev–Trinajstić information content (AvgIpc) is 3.59. The van der Waals surface area contributed by atoms with E-state index in [2.05, 4.69) is 25.0 Å². The van der Waals surface area contributed by atoms with E-state index in [1.807, 2.05) is 48.7 Å². The van der Waals surface area contributed by atoms with Crippen molar-refractivity contribution < 1.29 is 4.42 Å². The van der Waals surface area contributed by atoms with Crippen LogP contribution in [0.3, 0.4) is 0 Å². The molecule has 6 rings (SSSR count). The largest absolute Gasteiger partial charge is 0.464 e. The van der Waals surface area contributed by atoms with E-state index >= 15 is 0 Å². The number of benzene rings is 1. The summed E-state index contributed by atoms with van der Waals surface area (Å²) in [4.78, 5) is 41.2. The second-order valence-corrected chi connectivity index (χ2v) is 9.71. The summed E-state index contributed by atoms with van der Waals surface area (Å²) in [6.07, 6.45) is 3.08. The Morgan fingerprint density at radius 3 is 2.71 bits per heavy atom. The van der Waals surface area contributed by atoms with E-state index in [1.165, 1.54) is 29.3 Å². The fourth-order valence-electron chi connectivity index (χ4n) is 3.71. The molecule has 5 aromatic heterocycles. The fraction of sp³-hybridized carbons (Fsp3) is 0.0870. The highest BCUT2D eigenvalue weighted by atomic mass is 32.2. The Kier molecular flexibility index (Phi) is 4.93. The molecule has 1 aromatic carbocycles. The van der Waals surface area contributed by atoms with Crippen LogP contribution >= 0.6 is 23.1 Å². The van der Waals surface area contributed by atoms with Crippen molar-refractivity contribution in [2.75, 3.05) is 0 Å². The Labute approximate surface area is 199 Å². The van der Waals surface area contributed by atoms with Crippen molar-refractivity contribution >= 4 is 44.3 Å². The molecule has 0 aliphatic rings. The van der Waals surface area contributed by atoms with Crippen molar-refractivity contribution in [1.29, 1.82) is 0 Å². The zero-order valence-corrected chi connectivity index (χ0v) is 19.3. The maximum absolute atomic E-state index is 12.9. The molecule has 6 aromatic rings.